The van der Waals surface area contributed by atoms with Gasteiger partial charge in [0, 0.05) is 24.0 Å². The first-order valence-corrected chi connectivity index (χ1v) is 8.59. The van der Waals surface area contributed by atoms with E-state index in [9.17, 15) is 14.0 Å². The van der Waals surface area contributed by atoms with Crippen molar-refractivity contribution in [2.24, 2.45) is 0 Å². The SMILES string of the molecule is O=C(O)CN[C@@H](Cc1ccc(F)cc1)C(=O)Cc1cc(-c2ccncc2)no1. The summed E-state index contributed by atoms with van der Waals surface area (Å²) in [6, 6.07) is 10.2. The Bertz CT molecular complexity index is 942. The minimum Gasteiger partial charge on any atom is -0.480 e. The number of ketones is 1. The van der Waals surface area contributed by atoms with E-state index in [2.05, 4.69) is 15.5 Å². The number of carboxylic acid groups (broad SMARTS) is 1. The Hall–Kier alpha value is -3.39. The second-order valence-electron chi connectivity index (χ2n) is 6.22. The van der Waals surface area contributed by atoms with Crippen LogP contribution in [0, 0.1) is 5.82 Å². The van der Waals surface area contributed by atoms with Crippen LogP contribution in [0.5, 0.6) is 0 Å². The van der Waals surface area contributed by atoms with Gasteiger partial charge in [-0.05, 0) is 36.2 Å². The Morgan fingerprint density at radius 2 is 1.86 bits per heavy atom. The van der Waals surface area contributed by atoms with Gasteiger partial charge in [0.05, 0.1) is 19.0 Å². The number of hydrogen-bond donors (Lipinski definition) is 2. The zero-order valence-corrected chi connectivity index (χ0v) is 14.8. The largest absolute Gasteiger partial charge is 0.480 e. The molecule has 3 aromatic rings. The normalized spacial score (nSPS) is 11.9. The lowest BCUT2D eigenvalue weighted by atomic mass is 9.99. The number of nitrogens with one attached hydrogen (secondary N) is 1. The molecule has 0 aliphatic carbocycles. The third-order valence-corrected chi connectivity index (χ3v) is 4.12. The second-order valence-corrected chi connectivity index (χ2v) is 6.22. The van der Waals surface area contributed by atoms with E-state index in [0.29, 0.717) is 17.0 Å². The third kappa shape index (κ3) is 5.31. The fourth-order valence-corrected chi connectivity index (χ4v) is 2.72. The maximum Gasteiger partial charge on any atom is 0.317 e. The molecule has 8 heteroatoms. The van der Waals surface area contributed by atoms with Gasteiger partial charge in [-0.25, -0.2) is 4.39 Å². The molecule has 3 rings (SSSR count). The molecule has 7 nitrogen and oxygen atoms in total. The summed E-state index contributed by atoms with van der Waals surface area (Å²) in [6.45, 7) is -0.365. The van der Waals surface area contributed by atoms with Gasteiger partial charge in [-0.1, -0.05) is 17.3 Å². The number of carboxylic acids is 1. The molecule has 0 spiro atoms. The molecule has 0 bridgehead atoms. The first-order valence-electron chi connectivity index (χ1n) is 8.59. The molecule has 1 aromatic carbocycles. The van der Waals surface area contributed by atoms with Gasteiger partial charge in [-0.2, -0.15) is 0 Å². The van der Waals surface area contributed by atoms with Crippen molar-refractivity contribution in [2.45, 2.75) is 18.9 Å². The molecular formula is C20H18FN3O4. The minimum absolute atomic E-state index is 0.0451. The number of benzene rings is 1. The highest BCUT2D eigenvalue weighted by molar-refractivity contribution is 5.86. The van der Waals surface area contributed by atoms with Gasteiger partial charge in [0.1, 0.15) is 17.3 Å². The molecule has 0 aliphatic rings. The van der Waals surface area contributed by atoms with Crippen LogP contribution in [-0.2, 0) is 22.4 Å². The smallest absolute Gasteiger partial charge is 0.317 e. The van der Waals surface area contributed by atoms with E-state index in [1.54, 1.807) is 42.7 Å². The van der Waals surface area contributed by atoms with Crippen LogP contribution < -0.4 is 5.32 Å². The number of nitrogens with zero attached hydrogens (tertiary/aromatic N) is 2. The van der Waals surface area contributed by atoms with Gasteiger partial charge in [-0.15, -0.1) is 0 Å². The molecule has 0 saturated carbocycles. The van der Waals surface area contributed by atoms with Crippen molar-refractivity contribution >= 4 is 11.8 Å². The predicted octanol–water partition coefficient (Wildman–Crippen LogP) is 2.27. The lowest BCUT2D eigenvalue weighted by Gasteiger charge is -2.16. The van der Waals surface area contributed by atoms with Crippen LogP contribution >= 0.6 is 0 Å². The molecule has 0 aliphatic heterocycles. The number of aromatic nitrogens is 2. The quantitative estimate of drug-likeness (QED) is 0.584. The maximum absolute atomic E-state index is 13.1. The fraction of sp³-hybridized carbons (Fsp3) is 0.200. The average Bonchev–Trinajstić information content (AvgIpc) is 3.15. The fourth-order valence-electron chi connectivity index (χ4n) is 2.72. The molecule has 0 amide bonds. The van der Waals surface area contributed by atoms with Gasteiger partial charge in [0.15, 0.2) is 5.78 Å². The predicted molar refractivity (Wildman–Crippen MR) is 98.0 cm³/mol. The second kappa shape index (κ2) is 9.01. The molecule has 0 fully saturated rings. The van der Waals surface area contributed by atoms with Crippen molar-refractivity contribution in [1.82, 2.24) is 15.5 Å². The van der Waals surface area contributed by atoms with Crippen LogP contribution in [0.25, 0.3) is 11.3 Å². The van der Waals surface area contributed by atoms with E-state index in [0.717, 1.165) is 5.56 Å². The first kappa shape index (κ1) is 19.4. The van der Waals surface area contributed by atoms with E-state index < -0.39 is 12.0 Å². The van der Waals surface area contributed by atoms with E-state index in [-0.39, 0.29) is 31.0 Å². The van der Waals surface area contributed by atoms with Gasteiger partial charge in [0.25, 0.3) is 0 Å². The van der Waals surface area contributed by atoms with Gasteiger partial charge in [-0.3, -0.25) is 19.9 Å². The summed E-state index contributed by atoms with van der Waals surface area (Å²) in [4.78, 5) is 27.5. The Labute approximate surface area is 160 Å². The number of rotatable bonds is 9. The van der Waals surface area contributed by atoms with Crippen molar-refractivity contribution in [2.75, 3.05) is 6.54 Å². The summed E-state index contributed by atoms with van der Waals surface area (Å²) in [5, 5.41) is 15.6. The van der Waals surface area contributed by atoms with Crippen LogP contribution in [-0.4, -0.2) is 39.6 Å². The first-order chi connectivity index (χ1) is 13.5. The topological polar surface area (TPSA) is 105 Å². The summed E-state index contributed by atoms with van der Waals surface area (Å²) in [6.07, 6.45) is 3.45. The average molecular weight is 383 g/mol. The van der Waals surface area contributed by atoms with Crippen molar-refractivity contribution < 1.29 is 23.6 Å². The molecule has 144 valence electrons. The zero-order chi connectivity index (χ0) is 19.9. The monoisotopic (exact) mass is 383 g/mol. The maximum atomic E-state index is 13.1. The Kier molecular flexibility index (Phi) is 6.23. The summed E-state index contributed by atoms with van der Waals surface area (Å²) in [7, 11) is 0. The summed E-state index contributed by atoms with van der Waals surface area (Å²) < 4.78 is 18.3. The van der Waals surface area contributed by atoms with Crippen molar-refractivity contribution in [3.05, 3.63) is 72.0 Å². The summed E-state index contributed by atoms with van der Waals surface area (Å²) >= 11 is 0. The highest BCUT2D eigenvalue weighted by Gasteiger charge is 2.22. The number of Topliss-reactive ketones (excluding diaryl/α,β-unsaturated/α-hetero) is 1. The molecule has 2 N–H and O–H groups in total. The van der Waals surface area contributed by atoms with Gasteiger partial charge < -0.3 is 9.63 Å². The van der Waals surface area contributed by atoms with Gasteiger partial charge in [0.2, 0.25) is 0 Å². The van der Waals surface area contributed by atoms with Crippen molar-refractivity contribution in [1.29, 1.82) is 0 Å². The molecule has 2 heterocycles. The number of carbonyl (C=O) groups excluding carboxylic acids is 1. The molecule has 0 unspecified atom stereocenters. The Morgan fingerprint density at radius 1 is 1.14 bits per heavy atom. The Balaban J connectivity index is 1.70. The van der Waals surface area contributed by atoms with Crippen LogP contribution in [0.15, 0.2) is 59.4 Å². The molecule has 2 aromatic heterocycles. The molecule has 1 atom stereocenters. The van der Waals surface area contributed by atoms with E-state index >= 15 is 0 Å². The summed E-state index contributed by atoms with van der Waals surface area (Å²) in [5.41, 5.74) is 2.11. The van der Waals surface area contributed by atoms with Crippen LogP contribution in [0.3, 0.4) is 0 Å². The lowest BCUT2D eigenvalue weighted by molar-refractivity contribution is -0.136. The molecule has 0 radical (unpaired) electrons. The number of pyridine rings is 1. The third-order valence-electron chi connectivity index (χ3n) is 4.12. The van der Waals surface area contributed by atoms with Crippen molar-refractivity contribution in [3.63, 3.8) is 0 Å². The standard InChI is InChI=1S/C20H18FN3O4/c21-15-3-1-13(2-4-15)9-18(23-12-20(26)27)19(25)11-16-10-17(24-28-16)14-5-7-22-8-6-14/h1-8,10,18,23H,9,11-12H2,(H,26,27)/t18-/m0/s1. The number of halogens is 1. The molecular weight excluding hydrogens is 365 g/mol. The van der Waals surface area contributed by atoms with Gasteiger partial charge >= 0.3 is 5.97 Å². The minimum atomic E-state index is -1.07. The number of aliphatic carboxylic acids is 1. The Morgan fingerprint density at radius 3 is 2.54 bits per heavy atom. The van der Waals surface area contributed by atoms with Crippen LogP contribution in [0.4, 0.5) is 4.39 Å². The van der Waals surface area contributed by atoms with E-state index in [1.165, 1.54) is 12.1 Å². The van der Waals surface area contributed by atoms with E-state index in [1.807, 2.05) is 0 Å². The van der Waals surface area contributed by atoms with Crippen LogP contribution in [0.2, 0.25) is 0 Å². The zero-order valence-electron chi connectivity index (χ0n) is 14.8. The number of carbonyl (C=O) groups is 2. The summed E-state index contributed by atoms with van der Waals surface area (Å²) in [5.74, 6) is -1.33. The van der Waals surface area contributed by atoms with E-state index in [4.69, 9.17) is 9.63 Å². The highest BCUT2D eigenvalue weighted by atomic mass is 19.1. The lowest BCUT2D eigenvalue weighted by Crippen LogP contribution is -2.42. The number of hydrogen-bond acceptors (Lipinski definition) is 6. The highest BCUT2D eigenvalue weighted by Crippen LogP contribution is 2.19. The molecule has 28 heavy (non-hydrogen) atoms. The molecule has 0 saturated heterocycles. The van der Waals surface area contributed by atoms with Crippen LogP contribution in [0.1, 0.15) is 11.3 Å². The van der Waals surface area contributed by atoms with Crippen molar-refractivity contribution in [3.8, 4) is 11.3 Å².